The molecule has 3 N–H and O–H groups in total. The predicted octanol–water partition coefficient (Wildman–Crippen LogP) is 2.23. The molecular formula is C16H14N4O3. The molecule has 7 heteroatoms. The van der Waals surface area contributed by atoms with E-state index in [2.05, 4.69) is 9.97 Å². The van der Waals surface area contributed by atoms with Gasteiger partial charge in [-0.1, -0.05) is 12.1 Å². The molecular weight excluding hydrogens is 296 g/mol. The molecule has 3 rings (SSSR count). The molecule has 0 radical (unpaired) electrons. The number of anilines is 1. The van der Waals surface area contributed by atoms with Crippen molar-refractivity contribution < 1.29 is 14.6 Å². The summed E-state index contributed by atoms with van der Waals surface area (Å²) in [5.74, 6) is -1.17. The third-order valence-electron chi connectivity index (χ3n) is 3.70. The molecule has 0 amide bonds. The van der Waals surface area contributed by atoms with E-state index in [-0.39, 0.29) is 29.2 Å². The molecule has 0 atom stereocenters. The van der Waals surface area contributed by atoms with Crippen LogP contribution in [0, 0.1) is 11.3 Å². The van der Waals surface area contributed by atoms with Crippen molar-refractivity contribution >= 4 is 11.8 Å². The molecule has 1 aliphatic rings. The SMILES string of the molecule is N#Cc1cccc(-c2nc(N)c(C(=O)O)c(OC3CCC3)n2)c1. The smallest absolute Gasteiger partial charge is 0.345 e. The molecule has 1 aromatic carbocycles. The molecule has 1 aliphatic carbocycles. The number of nitriles is 1. The van der Waals surface area contributed by atoms with Gasteiger partial charge in [0.15, 0.2) is 11.4 Å². The van der Waals surface area contributed by atoms with E-state index in [1.54, 1.807) is 24.3 Å². The lowest BCUT2D eigenvalue weighted by Crippen LogP contribution is -2.26. The van der Waals surface area contributed by atoms with Crippen molar-refractivity contribution in [2.45, 2.75) is 25.4 Å². The van der Waals surface area contributed by atoms with Crippen molar-refractivity contribution in [3.63, 3.8) is 0 Å². The van der Waals surface area contributed by atoms with Crippen LogP contribution in [0.4, 0.5) is 5.82 Å². The number of ether oxygens (including phenoxy) is 1. The summed E-state index contributed by atoms with van der Waals surface area (Å²) in [6, 6.07) is 8.73. The average Bonchev–Trinajstić information content (AvgIpc) is 2.50. The van der Waals surface area contributed by atoms with Crippen molar-refractivity contribution in [1.29, 1.82) is 5.26 Å². The van der Waals surface area contributed by atoms with Crippen LogP contribution in [0.25, 0.3) is 11.4 Å². The van der Waals surface area contributed by atoms with Gasteiger partial charge in [0.2, 0.25) is 5.88 Å². The van der Waals surface area contributed by atoms with Gasteiger partial charge in [-0.15, -0.1) is 0 Å². The Bertz CT molecular complexity index is 809. The molecule has 0 unspecified atom stereocenters. The first-order valence-electron chi connectivity index (χ1n) is 7.16. The summed E-state index contributed by atoms with van der Waals surface area (Å²) in [5.41, 5.74) is 6.59. The van der Waals surface area contributed by atoms with Crippen LogP contribution in [0.3, 0.4) is 0 Å². The zero-order chi connectivity index (χ0) is 16.4. The number of aromatic nitrogens is 2. The molecule has 0 bridgehead atoms. The normalized spacial score (nSPS) is 13.9. The van der Waals surface area contributed by atoms with E-state index in [1.165, 1.54) is 0 Å². The minimum atomic E-state index is -1.23. The first-order valence-corrected chi connectivity index (χ1v) is 7.16. The number of aromatic carboxylic acids is 1. The summed E-state index contributed by atoms with van der Waals surface area (Å²) < 4.78 is 5.67. The number of nitrogens with two attached hydrogens (primary N) is 1. The molecule has 2 aromatic rings. The van der Waals surface area contributed by atoms with E-state index >= 15 is 0 Å². The lowest BCUT2D eigenvalue weighted by Gasteiger charge is -2.26. The quantitative estimate of drug-likeness (QED) is 0.887. The topological polar surface area (TPSA) is 122 Å². The van der Waals surface area contributed by atoms with E-state index in [0.717, 1.165) is 19.3 Å². The second-order valence-electron chi connectivity index (χ2n) is 5.28. The molecule has 1 saturated carbocycles. The molecule has 0 aliphatic heterocycles. The van der Waals surface area contributed by atoms with Crippen molar-refractivity contribution in [3.05, 3.63) is 35.4 Å². The third-order valence-corrected chi connectivity index (χ3v) is 3.70. The third kappa shape index (κ3) is 2.92. The maximum Gasteiger partial charge on any atom is 0.345 e. The van der Waals surface area contributed by atoms with Crippen molar-refractivity contribution in [1.82, 2.24) is 9.97 Å². The lowest BCUT2D eigenvalue weighted by molar-refractivity contribution is 0.0676. The summed E-state index contributed by atoms with van der Waals surface area (Å²) in [6.07, 6.45) is 2.73. The van der Waals surface area contributed by atoms with E-state index in [1.807, 2.05) is 6.07 Å². The van der Waals surface area contributed by atoms with Crippen LogP contribution in [0.5, 0.6) is 5.88 Å². The van der Waals surface area contributed by atoms with Crippen LogP contribution in [0.15, 0.2) is 24.3 Å². The van der Waals surface area contributed by atoms with Crippen LogP contribution >= 0.6 is 0 Å². The summed E-state index contributed by atoms with van der Waals surface area (Å²) in [4.78, 5) is 19.7. The van der Waals surface area contributed by atoms with E-state index in [0.29, 0.717) is 11.1 Å². The van der Waals surface area contributed by atoms with Crippen molar-refractivity contribution in [2.75, 3.05) is 5.73 Å². The lowest BCUT2D eigenvalue weighted by atomic mass is 9.96. The molecule has 7 nitrogen and oxygen atoms in total. The number of hydrogen-bond acceptors (Lipinski definition) is 6. The predicted molar refractivity (Wildman–Crippen MR) is 81.8 cm³/mol. The van der Waals surface area contributed by atoms with Gasteiger partial charge < -0.3 is 15.6 Å². The number of nitrogen functional groups attached to an aromatic ring is 1. The molecule has 116 valence electrons. The highest BCUT2D eigenvalue weighted by molar-refractivity contribution is 5.95. The van der Waals surface area contributed by atoms with E-state index < -0.39 is 5.97 Å². The average molecular weight is 310 g/mol. The van der Waals surface area contributed by atoms with Gasteiger partial charge in [0, 0.05) is 5.56 Å². The Kier molecular flexibility index (Phi) is 3.81. The van der Waals surface area contributed by atoms with Crippen molar-refractivity contribution in [3.8, 4) is 23.3 Å². The number of carbonyl (C=O) groups is 1. The van der Waals surface area contributed by atoms with E-state index in [9.17, 15) is 9.90 Å². The van der Waals surface area contributed by atoms with Crippen LogP contribution < -0.4 is 10.5 Å². The molecule has 23 heavy (non-hydrogen) atoms. The molecule has 0 saturated heterocycles. The standard InChI is InChI=1S/C16H14N4O3/c17-8-9-3-1-4-10(7-9)14-19-13(18)12(16(21)22)15(20-14)23-11-5-2-6-11/h1,3-4,7,11H,2,5-6H2,(H,21,22)(H2,18,19,20). The molecule has 1 heterocycles. The zero-order valence-corrected chi connectivity index (χ0v) is 12.2. The fourth-order valence-electron chi connectivity index (χ4n) is 2.25. The van der Waals surface area contributed by atoms with Gasteiger partial charge in [0.25, 0.3) is 0 Å². The Morgan fingerprint density at radius 2 is 2.17 bits per heavy atom. The van der Waals surface area contributed by atoms with Gasteiger partial charge >= 0.3 is 5.97 Å². The Labute approximate surface area is 132 Å². The van der Waals surface area contributed by atoms with Gasteiger partial charge in [-0.3, -0.25) is 0 Å². The zero-order valence-electron chi connectivity index (χ0n) is 12.2. The van der Waals surface area contributed by atoms with Crippen LogP contribution in [-0.4, -0.2) is 27.1 Å². The number of carboxylic acid groups (broad SMARTS) is 1. The van der Waals surface area contributed by atoms with Gasteiger partial charge in [-0.2, -0.15) is 10.2 Å². The Hall–Kier alpha value is -3.14. The summed E-state index contributed by atoms with van der Waals surface area (Å²) in [7, 11) is 0. The Morgan fingerprint density at radius 3 is 2.78 bits per heavy atom. The highest BCUT2D eigenvalue weighted by Gasteiger charge is 2.26. The number of hydrogen-bond donors (Lipinski definition) is 2. The van der Waals surface area contributed by atoms with Gasteiger partial charge in [-0.25, -0.2) is 9.78 Å². The first kappa shape index (κ1) is 14.8. The summed E-state index contributed by atoms with van der Waals surface area (Å²) in [5, 5.41) is 18.3. The minimum absolute atomic E-state index is 0.0212. The largest absolute Gasteiger partial charge is 0.477 e. The molecule has 0 spiro atoms. The monoisotopic (exact) mass is 310 g/mol. The second kappa shape index (κ2) is 5.93. The second-order valence-corrected chi connectivity index (χ2v) is 5.28. The highest BCUT2D eigenvalue weighted by Crippen LogP contribution is 2.30. The van der Waals surface area contributed by atoms with Crippen LogP contribution in [-0.2, 0) is 0 Å². The van der Waals surface area contributed by atoms with Gasteiger partial charge in [0.05, 0.1) is 11.6 Å². The van der Waals surface area contributed by atoms with Gasteiger partial charge in [0.1, 0.15) is 11.9 Å². The Balaban J connectivity index is 2.07. The summed E-state index contributed by atoms with van der Waals surface area (Å²) >= 11 is 0. The number of carboxylic acids is 1. The highest BCUT2D eigenvalue weighted by atomic mass is 16.5. The Morgan fingerprint density at radius 1 is 1.39 bits per heavy atom. The van der Waals surface area contributed by atoms with Crippen LogP contribution in [0.1, 0.15) is 35.2 Å². The minimum Gasteiger partial charge on any atom is -0.477 e. The summed E-state index contributed by atoms with van der Waals surface area (Å²) in [6.45, 7) is 0. The molecule has 1 fully saturated rings. The van der Waals surface area contributed by atoms with E-state index in [4.69, 9.17) is 15.7 Å². The van der Waals surface area contributed by atoms with Crippen molar-refractivity contribution in [2.24, 2.45) is 0 Å². The number of benzene rings is 1. The first-order chi connectivity index (χ1) is 11.1. The fourth-order valence-corrected chi connectivity index (χ4v) is 2.25. The molecule has 1 aromatic heterocycles. The number of rotatable bonds is 4. The van der Waals surface area contributed by atoms with Gasteiger partial charge in [-0.05, 0) is 31.4 Å². The number of nitrogens with zero attached hydrogens (tertiary/aromatic N) is 3. The van der Waals surface area contributed by atoms with Crippen LogP contribution in [0.2, 0.25) is 0 Å². The maximum absolute atomic E-state index is 11.4. The maximum atomic E-state index is 11.4. The fraction of sp³-hybridized carbons (Fsp3) is 0.250.